The maximum Gasteiger partial charge on any atom is 0.219 e. The van der Waals surface area contributed by atoms with Crippen molar-refractivity contribution < 1.29 is 9.18 Å². The normalized spacial score (nSPS) is 11.2. The van der Waals surface area contributed by atoms with Crippen molar-refractivity contribution in [2.24, 2.45) is 5.73 Å². The van der Waals surface area contributed by atoms with Gasteiger partial charge in [0.05, 0.1) is 11.9 Å². The van der Waals surface area contributed by atoms with Gasteiger partial charge in [-0.05, 0) is 35.9 Å². The smallest absolute Gasteiger partial charge is 0.219 e. The van der Waals surface area contributed by atoms with Crippen LogP contribution in [0.15, 0.2) is 67.1 Å². The molecule has 2 aromatic heterocycles. The van der Waals surface area contributed by atoms with Gasteiger partial charge in [-0.25, -0.2) is 9.07 Å². The summed E-state index contributed by atoms with van der Waals surface area (Å²) in [7, 11) is 0. The lowest BCUT2D eigenvalue weighted by molar-refractivity contribution is -0.118. The van der Waals surface area contributed by atoms with Crippen molar-refractivity contribution in [1.82, 2.24) is 19.7 Å². The molecule has 4 rings (SSSR count). The fourth-order valence-electron chi connectivity index (χ4n) is 3.41. The number of rotatable bonds is 8. The van der Waals surface area contributed by atoms with Gasteiger partial charge < -0.3 is 15.6 Å². The number of fused-ring (bicyclic) bond motifs is 1. The Kier molecular flexibility index (Phi) is 5.39. The van der Waals surface area contributed by atoms with Gasteiger partial charge in [-0.3, -0.25) is 4.79 Å². The average molecular weight is 391 g/mol. The molecule has 0 aliphatic heterocycles. The van der Waals surface area contributed by atoms with Gasteiger partial charge in [0.25, 0.3) is 0 Å². The van der Waals surface area contributed by atoms with Crippen LogP contribution in [0.5, 0.6) is 0 Å². The second kappa shape index (κ2) is 8.28. The number of hydrogen-bond donors (Lipinski definition) is 2. The first-order chi connectivity index (χ1) is 14.1. The molecule has 6 nitrogen and oxygen atoms in total. The van der Waals surface area contributed by atoms with Crippen molar-refractivity contribution >= 4 is 16.8 Å². The first-order valence-electron chi connectivity index (χ1n) is 9.45. The van der Waals surface area contributed by atoms with Gasteiger partial charge in [-0.1, -0.05) is 18.2 Å². The van der Waals surface area contributed by atoms with Crippen LogP contribution in [-0.2, 0) is 24.4 Å². The van der Waals surface area contributed by atoms with E-state index in [1.165, 1.54) is 12.1 Å². The minimum Gasteiger partial charge on any atom is -0.370 e. The van der Waals surface area contributed by atoms with E-state index in [9.17, 15) is 9.18 Å². The van der Waals surface area contributed by atoms with E-state index in [2.05, 4.69) is 27.2 Å². The maximum atomic E-state index is 13.1. The van der Waals surface area contributed by atoms with Gasteiger partial charge >= 0.3 is 0 Å². The molecule has 0 bridgehead atoms. The largest absolute Gasteiger partial charge is 0.370 e. The number of carbonyl (C=O) groups excluding carboxylic acids is 1. The molecule has 4 aromatic rings. The molecule has 2 heterocycles. The Morgan fingerprint density at radius 3 is 2.66 bits per heavy atom. The number of hydrogen-bond acceptors (Lipinski definition) is 3. The number of benzene rings is 2. The van der Waals surface area contributed by atoms with E-state index >= 15 is 0 Å². The fourth-order valence-corrected chi connectivity index (χ4v) is 3.41. The predicted octanol–water partition coefficient (Wildman–Crippen LogP) is 3.13. The van der Waals surface area contributed by atoms with E-state index in [1.54, 1.807) is 23.0 Å². The van der Waals surface area contributed by atoms with Crippen molar-refractivity contribution in [3.63, 3.8) is 0 Å². The van der Waals surface area contributed by atoms with E-state index < -0.39 is 0 Å². The molecule has 0 saturated heterocycles. The highest BCUT2D eigenvalue weighted by molar-refractivity contribution is 5.84. The lowest BCUT2D eigenvalue weighted by atomic mass is 10.2. The molecule has 0 radical (unpaired) electrons. The SMILES string of the molecule is NC(=O)CCn1cc(CNCc2cnn(-c3ccc(F)cc3)c2)c2ccccc21. The number of aromatic nitrogens is 3. The van der Waals surface area contributed by atoms with Gasteiger partial charge in [0.15, 0.2) is 0 Å². The molecule has 0 spiro atoms. The Morgan fingerprint density at radius 1 is 1.07 bits per heavy atom. The van der Waals surface area contributed by atoms with Gasteiger partial charge in [-0.15, -0.1) is 0 Å². The Balaban J connectivity index is 1.42. The van der Waals surface area contributed by atoms with Crippen molar-refractivity contribution in [1.29, 1.82) is 0 Å². The summed E-state index contributed by atoms with van der Waals surface area (Å²) in [5.74, 6) is -0.571. The molecule has 0 fully saturated rings. The molecule has 148 valence electrons. The molecule has 0 aliphatic carbocycles. The highest BCUT2D eigenvalue weighted by atomic mass is 19.1. The van der Waals surface area contributed by atoms with Crippen LogP contribution < -0.4 is 11.1 Å². The Labute approximate surface area is 167 Å². The van der Waals surface area contributed by atoms with E-state index in [0.717, 1.165) is 27.7 Å². The zero-order chi connectivity index (χ0) is 20.2. The van der Waals surface area contributed by atoms with Crippen molar-refractivity contribution in [3.05, 3.63) is 84.1 Å². The zero-order valence-corrected chi connectivity index (χ0v) is 15.9. The average Bonchev–Trinajstić information content (AvgIpc) is 3.32. The van der Waals surface area contributed by atoms with Crippen LogP contribution in [0, 0.1) is 5.82 Å². The Hall–Kier alpha value is -3.45. The first kappa shape index (κ1) is 18.9. The van der Waals surface area contributed by atoms with Gasteiger partial charge in [0, 0.05) is 54.9 Å². The third-order valence-corrected chi connectivity index (χ3v) is 4.84. The molecule has 0 atom stereocenters. The number of aryl methyl sites for hydroxylation is 1. The van der Waals surface area contributed by atoms with E-state index in [-0.39, 0.29) is 11.7 Å². The van der Waals surface area contributed by atoms with Gasteiger partial charge in [-0.2, -0.15) is 5.10 Å². The van der Waals surface area contributed by atoms with Gasteiger partial charge in [0.1, 0.15) is 5.82 Å². The van der Waals surface area contributed by atoms with Crippen LogP contribution in [0.1, 0.15) is 17.5 Å². The monoisotopic (exact) mass is 391 g/mol. The number of amides is 1. The molecule has 29 heavy (non-hydrogen) atoms. The molecule has 2 aromatic carbocycles. The minimum absolute atomic E-state index is 0.266. The third kappa shape index (κ3) is 4.35. The quantitative estimate of drug-likeness (QED) is 0.484. The lowest BCUT2D eigenvalue weighted by Gasteiger charge is -2.03. The number of nitrogens with two attached hydrogens (primary N) is 1. The second-order valence-corrected chi connectivity index (χ2v) is 6.95. The topological polar surface area (TPSA) is 77.9 Å². The third-order valence-electron chi connectivity index (χ3n) is 4.84. The number of nitrogens with zero attached hydrogens (tertiary/aromatic N) is 3. The maximum absolute atomic E-state index is 13.1. The van der Waals surface area contributed by atoms with Crippen LogP contribution in [-0.4, -0.2) is 20.3 Å². The fraction of sp³-hybridized carbons (Fsp3) is 0.182. The number of primary amides is 1. The highest BCUT2D eigenvalue weighted by Crippen LogP contribution is 2.21. The molecule has 1 amide bonds. The minimum atomic E-state index is -0.305. The highest BCUT2D eigenvalue weighted by Gasteiger charge is 2.09. The van der Waals surface area contributed by atoms with Crippen LogP contribution in [0.2, 0.25) is 0 Å². The first-order valence-corrected chi connectivity index (χ1v) is 9.45. The Morgan fingerprint density at radius 2 is 1.86 bits per heavy atom. The van der Waals surface area contributed by atoms with Crippen molar-refractivity contribution in [2.45, 2.75) is 26.1 Å². The molecule has 0 unspecified atom stereocenters. The second-order valence-electron chi connectivity index (χ2n) is 6.95. The molecular formula is C22H22FN5O. The van der Waals surface area contributed by atoms with Crippen LogP contribution >= 0.6 is 0 Å². The van der Waals surface area contributed by atoms with Crippen molar-refractivity contribution in [3.8, 4) is 5.69 Å². The van der Waals surface area contributed by atoms with E-state index in [0.29, 0.717) is 26.1 Å². The number of nitrogens with one attached hydrogen (secondary N) is 1. The molecule has 3 N–H and O–H groups in total. The predicted molar refractivity (Wildman–Crippen MR) is 110 cm³/mol. The number of para-hydroxylation sites is 1. The standard InChI is InChI=1S/C22H22FN5O/c23-18-5-7-19(8-6-18)28-14-16(12-26-28)11-25-13-17-15-27(10-9-22(24)29)21-4-2-1-3-20(17)21/h1-8,12,14-15,25H,9-11,13H2,(H2,24,29). The molecule has 0 aliphatic rings. The van der Waals surface area contributed by atoms with Crippen molar-refractivity contribution in [2.75, 3.05) is 0 Å². The number of halogens is 1. The summed E-state index contributed by atoms with van der Waals surface area (Å²) in [6, 6.07) is 14.4. The summed E-state index contributed by atoms with van der Waals surface area (Å²) >= 11 is 0. The summed E-state index contributed by atoms with van der Waals surface area (Å²) in [5, 5.41) is 8.95. The molecule has 0 saturated carbocycles. The van der Waals surface area contributed by atoms with Crippen LogP contribution in [0.4, 0.5) is 4.39 Å². The Bertz CT molecular complexity index is 1130. The van der Waals surface area contributed by atoms with E-state index in [1.807, 2.05) is 24.4 Å². The summed E-state index contributed by atoms with van der Waals surface area (Å²) in [6.07, 6.45) is 6.11. The summed E-state index contributed by atoms with van der Waals surface area (Å²) in [6.45, 7) is 1.91. The number of carbonyl (C=O) groups is 1. The lowest BCUT2D eigenvalue weighted by Crippen LogP contribution is -2.14. The summed E-state index contributed by atoms with van der Waals surface area (Å²) in [5.41, 5.74) is 9.40. The zero-order valence-electron chi connectivity index (χ0n) is 15.9. The molecular weight excluding hydrogens is 369 g/mol. The van der Waals surface area contributed by atoms with Gasteiger partial charge in [0.2, 0.25) is 5.91 Å². The molecule has 7 heteroatoms. The summed E-state index contributed by atoms with van der Waals surface area (Å²) < 4.78 is 16.9. The van der Waals surface area contributed by atoms with Crippen LogP contribution in [0.3, 0.4) is 0 Å². The van der Waals surface area contributed by atoms with Crippen LogP contribution in [0.25, 0.3) is 16.6 Å². The van der Waals surface area contributed by atoms with E-state index in [4.69, 9.17) is 5.73 Å². The summed E-state index contributed by atoms with van der Waals surface area (Å²) in [4.78, 5) is 11.1.